The van der Waals surface area contributed by atoms with Gasteiger partial charge < -0.3 is 20.1 Å². The standard InChI is InChI=1S/C7H6Cl2O4/c8-3-1-2(7(12)13)5(10)6(11)4(3)9/h1,5-6,10-11H,(H,12,13)/p-1/t5-,6+/m0/s1. The maximum absolute atomic E-state index is 10.4. The van der Waals surface area contributed by atoms with E-state index in [0.717, 1.165) is 6.08 Å². The van der Waals surface area contributed by atoms with Crippen molar-refractivity contribution in [3.05, 3.63) is 21.7 Å². The van der Waals surface area contributed by atoms with Crippen LogP contribution in [-0.4, -0.2) is 28.4 Å². The first-order valence-corrected chi connectivity index (χ1v) is 4.05. The number of hydrogen-bond acceptors (Lipinski definition) is 4. The van der Waals surface area contributed by atoms with Crippen molar-refractivity contribution in [3.8, 4) is 0 Å². The fraction of sp³-hybridized carbons (Fsp3) is 0.286. The quantitative estimate of drug-likeness (QED) is 0.604. The summed E-state index contributed by atoms with van der Waals surface area (Å²) in [5.74, 6) is -1.59. The number of aliphatic carboxylic acids is 1. The third kappa shape index (κ3) is 1.86. The number of rotatable bonds is 1. The van der Waals surface area contributed by atoms with Gasteiger partial charge in [-0.15, -0.1) is 0 Å². The average molecular weight is 224 g/mol. The summed E-state index contributed by atoms with van der Waals surface area (Å²) in [5.41, 5.74) is -0.484. The lowest BCUT2D eigenvalue weighted by atomic mass is 9.99. The Labute approximate surface area is 83.7 Å². The molecule has 0 saturated carbocycles. The molecule has 1 rings (SSSR count). The monoisotopic (exact) mass is 223 g/mol. The molecule has 0 fully saturated rings. The molecule has 0 radical (unpaired) electrons. The van der Waals surface area contributed by atoms with Crippen molar-refractivity contribution in [1.82, 2.24) is 0 Å². The molecule has 1 aliphatic rings. The van der Waals surface area contributed by atoms with Crippen molar-refractivity contribution in [1.29, 1.82) is 0 Å². The van der Waals surface area contributed by atoms with E-state index in [-0.39, 0.29) is 10.1 Å². The van der Waals surface area contributed by atoms with Gasteiger partial charge in [0.25, 0.3) is 0 Å². The number of halogens is 2. The third-order valence-corrected chi connectivity index (χ3v) is 2.46. The van der Waals surface area contributed by atoms with E-state index in [1.165, 1.54) is 0 Å². The zero-order chi connectivity index (χ0) is 10.2. The zero-order valence-electron chi connectivity index (χ0n) is 6.20. The number of aliphatic hydroxyl groups is 2. The Hall–Kier alpha value is -0.550. The van der Waals surface area contributed by atoms with Crippen LogP contribution in [0.15, 0.2) is 21.7 Å². The number of carboxylic acid groups (broad SMARTS) is 1. The van der Waals surface area contributed by atoms with Gasteiger partial charge in [0.05, 0.1) is 16.0 Å². The van der Waals surface area contributed by atoms with Crippen LogP contribution < -0.4 is 5.11 Å². The Morgan fingerprint density at radius 3 is 2.38 bits per heavy atom. The van der Waals surface area contributed by atoms with Crippen molar-refractivity contribution >= 4 is 29.2 Å². The van der Waals surface area contributed by atoms with Gasteiger partial charge in [-0.2, -0.15) is 0 Å². The molecule has 2 N–H and O–H groups in total. The predicted octanol–water partition coefficient (Wildman–Crippen LogP) is -0.913. The van der Waals surface area contributed by atoms with Gasteiger partial charge >= 0.3 is 0 Å². The molecule has 1 aliphatic carbocycles. The molecule has 13 heavy (non-hydrogen) atoms. The smallest absolute Gasteiger partial charge is 0.121 e. The molecule has 0 amide bonds. The van der Waals surface area contributed by atoms with Crippen molar-refractivity contribution < 1.29 is 20.1 Å². The minimum Gasteiger partial charge on any atom is -0.545 e. The van der Waals surface area contributed by atoms with E-state index >= 15 is 0 Å². The molecular weight excluding hydrogens is 219 g/mol. The summed E-state index contributed by atoms with van der Waals surface area (Å²) < 4.78 is 0. The molecule has 0 aromatic carbocycles. The maximum atomic E-state index is 10.4. The number of hydrogen-bond donors (Lipinski definition) is 2. The molecule has 0 bridgehead atoms. The van der Waals surface area contributed by atoms with Crippen LogP contribution in [0.4, 0.5) is 0 Å². The van der Waals surface area contributed by atoms with Gasteiger partial charge in [0.15, 0.2) is 0 Å². The Bertz CT molecular complexity index is 308. The Balaban J connectivity index is 3.12. The molecule has 0 spiro atoms. The van der Waals surface area contributed by atoms with Crippen LogP contribution in [0.5, 0.6) is 0 Å². The molecular formula is C7H5Cl2O4-. The molecule has 0 unspecified atom stereocenters. The minimum atomic E-state index is -1.60. The minimum absolute atomic E-state index is 0.112. The molecule has 0 saturated heterocycles. The highest BCUT2D eigenvalue weighted by molar-refractivity contribution is 6.41. The predicted molar refractivity (Wildman–Crippen MR) is 43.8 cm³/mol. The lowest BCUT2D eigenvalue weighted by Crippen LogP contribution is -2.39. The first kappa shape index (κ1) is 10.5. The molecule has 0 aliphatic heterocycles. The first-order valence-electron chi connectivity index (χ1n) is 3.29. The highest BCUT2D eigenvalue weighted by atomic mass is 35.5. The van der Waals surface area contributed by atoms with Gasteiger partial charge in [0, 0.05) is 5.57 Å². The van der Waals surface area contributed by atoms with E-state index < -0.39 is 23.8 Å². The van der Waals surface area contributed by atoms with E-state index in [9.17, 15) is 20.1 Å². The van der Waals surface area contributed by atoms with Gasteiger partial charge in [-0.25, -0.2) is 0 Å². The van der Waals surface area contributed by atoms with Crippen LogP contribution in [0.1, 0.15) is 0 Å². The fourth-order valence-corrected chi connectivity index (χ4v) is 1.32. The number of aliphatic hydroxyl groups excluding tert-OH is 2. The number of carbonyl (C=O) groups excluding carboxylic acids is 1. The third-order valence-electron chi connectivity index (χ3n) is 1.62. The van der Waals surface area contributed by atoms with E-state index in [0.29, 0.717) is 0 Å². The van der Waals surface area contributed by atoms with Gasteiger partial charge in [-0.3, -0.25) is 0 Å². The van der Waals surface area contributed by atoms with Crippen molar-refractivity contribution in [2.75, 3.05) is 0 Å². The summed E-state index contributed by atoms with van der Waals surface area (Å²) >= 11 is 10.9. The van der Waals surface area contributed by atoms with Crippen LogP contribution in [-0.2, 0) is 4.79 Å². The van der Waals surface area contributed by atoms with Crippen LogP contribution in [0.3, 0.4) is 0 Å². The first-order chi connectivity index (χ1) is 5.95. The van der Waals surface area contributed by atoms with E-state index in [4.69, 9.17) is 23.2 Å². The van der Waals surface area contributed by atoms with Crippen molar-refractivity contribution in [2.45, 2.75) is 12.2 Å². The number of carbonyl (C=O) groups is 1. The number of allylic oxidation sites excluding steroid dienone is 2. The summed E-state index contributed by atoms with van der Waals surface area (Å²) in [5, 5.41) is 28.5. The second-order valence-corrected chi connectivity index (χ2v) is 3.29. The summed E-state index contributed by atoms with van der Waals surface area (Å²) in [6.45, 7) is 0. The van der Waals surface area contributed by atoms with E-state index in [1.807, 2.05) is 0 Å². The van der Waals surface area contributed by atoms with Crippen molar-refractivity contribution in [3.63, 3.8) is 0 Å². The molecule has 6 heteroatoms. The SMILES string of the molecule is O=C([O-])C1=CC(Cl)=C(Cl)[C@@H](O)[C@H]1O. The maximum Gasteiger partial charge on any atom is 0.121 e. The Kier molecular flexibility index (Phi) is 2.98. The summed E-state index contributed by atoms with van der Waals surface area (Å²) in [6.07, 6.45) is -2.15. The van der Waals surface area contributed by atoms with E-state index in [2.05, 4.69) is 0 Å². The normalized spacial score (nSPS) is 28.8. The van der Waals surface area contributed by atoms with Crippen LogP contribution >= 0.6 is 23.2 Å². The summed E-state index contributed by atoms with van der Waals surface area (Å²) in [7, 11) is 0. The van der Waals surface area contributed by atoms with Gasteiger partial charge in [0.1, 0.15) is 12.2 Å². The molecule has 4 nitrogen and oxygen atoms in total. The lowest BCUT2D eigenvalue weighted by molar-refractivity contribution is -0.300. The van der Waals surface area contributed by atoms with Crippen LogP contribution in [0.2, 0.25) is 0 Å². The van der Waals surface area contributed by atoms with Crippen LogP contribution in [0, 0.1) is 0 Å². The summed E-state index contributed by atoms with van der Waals surface area (Å²) in [4.78, 5) is 10.4. The molecule has 72 valence electrons. The second kappa shape index (κ2) is 3.67. The molecule has 0 aromatic rings. The largest absolute Gasteiger partial charge is 0.545 e. The Morgan fingerprint density at radius 1 is 1.38 bits per heavy atom. The molecule has 0 heterocycles. The van der Waals surface area contributed by atoms with Gasteiger partial charge in [-0.1, -0.05) is 23.2 Å². The topological polar surface area (TPSA) is 80.6 Å². The second-order valence-electron chi connectivity index (χ2n) is 2.47. The Morgan fingerprint density at radius 2 is 1.92 bits per heavy atom. The van der Waals surface area contributed by atoms with Crippen molar-refractivity contribution in [2.24, 2.45) is 0 Å². The highest BCUT2D eigenvalue weighted by Gasteiger charge is 2.29. The molecule has 0 aromatic heterocycles. The van der Waals surface area contributed by atoms with E-state index in [1.54, 1.807) is 0 Å². The molecule has 2 atom stereocenters. The zero-order valence-corrected chi connectivity index (χ0v) is 7.71. The summed E-state index contributed by atoms with van der Waals surface area (Å²) in [6, 6.07) is 0. The van der Waals surface area contributed by atoms with Crippen LogP contribution in [0.25, 0.3) is 0 Å². The lowest BCUT2D eigenvalue weighted by Gasteiger charge is -2.25. The van der Waals surface area contributed by atoms with Gasteiger partial charge in [0.2, 0.25) is 0 Å². The highest BCUT2D eigenvalue weighted by Crippen LogP contribution is 2.29. The van der Waals surface area contributed by atoms with Gasteiger partial charge in [-0.05, 0) is 6.08 Å². The fourth-order valence-electron chi connectivity index (χ4n) is 0.920. The number of carboxylic acids is 1. The average Bonchev–Trinajstić information content (AvgIpc) is 2.07.